The fourth-order valence-corrected chi connectivity index (χ4v) is 1.63. The van der Waals surface area contributed by atoms with Gasteiger partial charge in [-0.2, -0.15) is 15.0 Å². The molecule has 0 spiro atoms. The molecule has 0 amide bonds. The van der Waals surface area contributed by atoms with Crippen LogP contribution in [0.1, 0.15) is 5.56 Å². The number of nitrogens with one attached hydrogen (secondary N) is 2. The van der Waals surface area contributed by atoms with E-state index < -0.39 is 0 Å². The van der Waals surface area contributed by atoms with Crippen molar-refractivity contribution < 1.29 is 10.2 Å². The third kappa shape index (κ3) is 3.37. The summed E-state index contributed by atoms with van der Waals surface area (Å²) in [5.74, 6) is 0.635. The van der Waals surface area contributed by atoms with Crippen molar-refractivity contribution in [3.8, 4) is 11.5 Å². The number of nitrogens with two attached hydrogens (primary N) is 1. The van der Waals surface area contributed by atoms with Crippen LogP contribution >= 0.6 is 0 Å². The summed E-state index contributed by atoms with van der Waals surface area (Å²) in [6, 6.07) is 4.69. The molecule has 8 heteroatoms. The van der Waals surface area contributed by atoms with Gasteiger partial charge in [-0.25, -0.2) is 0 Å². The van der Waals surface area contributed by atoms with Crippen molar-refractivity contribution in [3.05, 3.63) is 23.8 Å². The Bertz CT molecular complexity index is 604. The minimum absolute atomic E-state index is 0.133. The number of anilines is 3. The molecule has 106 valence electrons. The number of hydrogen-bond donors (Lipinski definition) is 5. The standard InChI is InChI=1S/C12H16N6O2/c1-14-11-16-10(13)17-12(18-11)15-5-4-7-2-3-8(19)9(20)6-7/h2-3,6,19-20H,4-5H2,1H3,(H4,13,14,15,16,17,18). The molecule has 0 aliphatic rings. The highest BCUT2D eigenvalue weighted by Gasteiger charge is 2.04. The van der Waals surface area contributed by atoms with Crippen LogP contribution in [0.5, 0.6) is 11.5 Å². The smallest absolute Gasteiger partial charge is 0.229 e. The summed E-state index contributed by atoms with van der Waals surface area (Å²) in [5.41, 5.74) is 6.43. The molecule has 8 nitrogen and oxygen atoms in total. The molecule has 2 aromatic rings. The molecule has 0 saturated heterocycles. The van der Waals surface area contributed by atoms with Crippen molar-refractivity contribution >= 4 is 17.8 Å². The van der Waals surface area contributed by atoms with Gasteiger partial charge in [-0.1, -0.05) is 6.07 Å². The summed E-state index contributed by atoms with van der Waals surface area (Å²) in [7, 11) is 1.69. The number of phenols is 2. The number of aromatic hydroxyl groups is 2. The first kappa shape index (κ1) is 13.7. The van der Waals surface area contributed by atoms with Gasteiger partial charge in [0, 0.05) is 13.6 Å². The van der Waals surface area contributed by atoms with E-state index in [1.165, 1.54) is 12.1 Å². The normalized spacial score (nSPS) is 10.2. The zero-order valence-electron chi connectivity index (χ0n) is 11.0. The van der Waals surface area contributed by atoms with Crippen LogP contribution in [0.15, 0.2) is 18.2 Å². The average Bonchev–Trinajstić information content (AvgIpc) is 2.42. The zero-order chi connectivity index (χ0) is 14.5. The molecule has 0 atom stereocenters. The van der Waals surface area contributed by atoms with Crippen LogP contribution in [0, 0.1) is 0 Å². The highest BCUT2D eigenvalue weighted by molar-refractivity contribution is 5.42. The van der Waals surface area contributed by atoms with Crippen molar-refractivity contribution in [1.29, 1.82) is 0 Å². The van der Waals surface area contributed by atoms with Gasteiger partial charge in [0.15, 0.2) is 11.5 Å². The predicted molar refractivity (Wildman–Crippen MR) is 75.8 cm³/mol. The van der Waals surface area contributed by atoms with Gasteiger partial charge in [0.1, 0.15) is 0 Å². The van der Waals surface area contributed by atoms with Crippen molar-refractivity contribution in [1.82, 2.24) is 15.0 Å². The Morgan fingerprint density at radius 2 is 1.85 bits per heavy atom. The van der Waals surface area contributed by atoms with Gasteiger partial charge in [0.25, 0.3) is 0 Å². The van der Waals surface area contributed by atoms with Crippen LogP contribution in [0.25, 0.3) is 0 Å². The van der Waals surface area contributed by atoms with Gasteiger partial charge in [0.2, 0.25) is 17.8 Å². The molecule has 0 fully saturated rings. The maximum absolute atomic E-state index is 9.39. The Hall–Kier alpha value is -2.77. The Morgan fingerprint density at radius 1 is 1.10 bits per heavy atom. The summed E-state index contributed by atoms with van der Waals surface area (Å²) in [5, 5.41) is 24.4. The lowest BCUT2D eigenvalue weighted by molar-refractivity contribution is 0.403. The second-order valence-electron chi connectivity index (χ2n) is 4.09. The summed E-state index contributed by atoms with van der Waals surface area (Å²) in [6.07, 6.45) is 0.633. The quantitative estimate of drug-likeness (QED) is 0.501. The molecule has 2 rings (SSSR count). The van der Waals surface area contributed by atoms with E-state index in [0.29, 0.717) is 24.9 Å². The molecular formula is C12H16N6O2. The van der Waals surface area contributed by atoms with Crippen LogP contribution < -0.4 is 16.4 Å². The molecule has 1 aromatic heterocycles. The van der Waals surface area contributed by atoms with Gasteiger partial charge in [0.05, 0.1) is 0 Å². The minimum Gasteiger partial charge on any atom is -0.504 e. The Morgan fingerprint density at radius 3 is 2.55 bits per heavy atom. The average molecular weight is 276 g/mol. The fourth-order valence-electron chi connectivity index (χ4n) is 1.63. The maximum Gasteiger partial charge on any atom is 0.229 e. The molecule has 1 aromatic carbocycles. The number of rotatable bonds is 5. The molecule has 0 aliphatic heterocycles. The van der Waals surface area contributed by atoms with Crippen molar-refractivity contribution in [3.63, 3.8) is 0 Å². The van der Waals surface area contributed by atoms with E-state index in [-0.39, 0.29) is 17.4 Å². The lowest BCUT2D eigenvalue weighted by atomic mass is 10.1. The van der Waals surface area contributed by atoms with Gasteiger partial charge in [-0.05, 0) is 24.1 Å². The molecule has 0 saturated carbocycles. The van der Waals surface area contributed by atoms with E-state index in [1.54, 1.807) is 13.1 Å². The third-order valence-corrected chi connectivity index (χ3v) is 2.61. The second kappa shape index (κ2) is 5.91. The topological polar surface area (TPSA) is 129 Å². The molecular weight excluding hydrogens is 260 g/mol. The fraction of sp³-hybridized carbons (Fsp3) is 0.250. The Balaban J connectivity index is 1.95. The lowest BCUT2D eigenvalue weighted by Gasteiger charge is -2.07. The summed E-state index contributed by atoms with van der Waals surface area (Å²) in [6.45, 7) is 0.552. The molecule has 6 N–H and O–H groups in total. The SMILES string of the molecule is CNc1nc(N)nc(NCCc2ccc(O)c(O)c2)n1. The maximum atomic E-state index is 9.39. The van der Waals surface area contributed by atoms with Gasteiger partial charge >= 0.3 is 0 Å². The molecule has 0 aliphatic carbocycles. The van der Waals surface area contributed by atoms with E-state index in [4.69, 9.17) is 5.73 Å². The number of nitrogen functional groups attached to an aromatic ring is 1. The number of aromatic nitrogens is 3. The first-order valence-electron chi connectivity index (χ1n) is 6.02. The molecule has 1 heterocycles. The first-order chi connectivity index (χ1) is 9.58. The number of phenolic OH excluding ortho intramolecular Hbond substituents is 2. The van der Waals surface area contributed by atoms with E-state index in [9.17, 15) is 10.2 Å². The van der Waals surface area contributed by atoms with Crippen molar-refractivity contribution in [2.75, 3.05) is 30.0 Å². The second-order valence-corrected chi connectivity index (χ2v) is 4.09. The van der Waals surface area contributed by atoms with E-state index in [0.717, 1.165) is 5.56 Å². The highest BCUT2D eigenvalue weighted by Crippen LogP contribution is 2.24. The summed E-state index contributed by atoms with van der Waals surface area (Å²) in [4.78, 5) is 11.9. The molecule has 0 bridgehead atoms. The number of hydrogen-bond acceptors (Lipinski definition) is 8. The number of nitrogens with zero attached hydrogens (tertiary/aromatic N) is 3. The molecule has 20 heavy (non-hydrogen) atoms. The van der Waals surface area contributed by atoms with Crippen molar-refractivity contribution in [2.45, 2.75) is 6.42 Å². The van der Waals surface area contributed by atoms with Gasteiger partial charge in [-0.15, -0.1) is 0 Å². The van der Waals surface area contributed by atoms with E-state index >= 15 is 0 Å². The van der Waals surface area contributed by atoms with Crippen LogP contribution in [-0.2, 0) is 6.42 Å². The largest absolute Gasteiger partial charge is 0.504 e. The summed E-state index contributed by atoms with van der Waals surface area (Å²) >= 11 is 0. The number of benzene rings is 1. The summed E-state index contributed by atoms with van der Waals surface area (Å²) < 4.78 is 0. The van der Waals surface area contributed by atoms with Crippen LogP contribution in [0.3, 0.4) is 0 Å². The lowest BCUT2D eigenvalue weighted by Crippen LogP contribution is -2.11. The first-order valence-corrected chi connectivity index (χ1v) is 6.02. The van der Waals surface area contributed by atoms with Gasteiger partial charge < -0.3 is 26.6 Å². The Labute approximate surface area is 115 Å². The minimum atomic E-state index is -0.135. The van der Waals surface area contributed by atoms with Crippen LogP contribution in [0.2, 0.25) is 0 Å². The molecule has 0 unspecified atom stereocenters. The van der Waals surface area contributed by atoms with Gasteiger partial charge in [-0.3, -0.25) is 0 Å². The monoisotopic (exact) mass is 276 g/mol. The highest BCUT2D eigenvalue weighted by atomic mass is 16.3. The van der Waals surface area contributed by atoms with Crippen molar-refractivity contribution in [2.24, 2.45) is 0 Å². The third-order valence-electron chi connectivity index (χ3n) is 2.61. The van der Waals surface area contributed by atoms with Crippen LogP contribution in [-0.4, -0.2) is 38.8 Å². The predicted octanol–water partition coefficient (Wildman–Crippen LogP) is 0.561. The molecule has 0 radical (unpaired) electrons. The van der Waals surface area contributed by atoms with E-state index in [2.05, 4.69) is 25.6 Å². The van der Waals surface area contributed by atoms with Crippen LogP contribution in [0.4, 0.5) is 17.8 Å². The Kier molecular flexibility index (Phi) is 4.04. The van der Waals surface area contributed by atoms with E-state index in [1.807, 2.05) is 0 Å². The zero-order valence-corrected chi connectivity index (χ0v) is 11.0.